The van der Waals surface area contributed by atoms with Gasteiger partial charge in [-0.1, -0.05) is 17.7 Å². The summed E-state index contributed by atoms with van der Waals surface area (Å²) in [5.74, 6) is 0. The topological polar surface area (TPSA) is 54.9 Å². The molecule has 4 nitrogen and oxygen atoms in total. The molecule has 0 aliphatic rings. The Balaban J connectivity index is 2.41. The molecule has 3 rings (SSSR count). The zero-order valence-corrected chi connectivity index (χ0v) is 11.5. The highest BCUT2D eigenvalue weighted by atomic mass is 35.5. The fourth-order valence-corrected chi connectivity index (χ4v) is 3.06. The van der Waals surface area contributed by atoms with E-state index in [9.17, 15) is 9.59 Å². The van der Waals surface area contributed by atoms with Crippen LogP contribution < -0.4 is 11.2 Å². The van der Waals surface area contributed by atoms with Gasteiger partial charge in [-0.05, 0) is 31.2 Å². The summed E-state index contributed by atoms with van der Waals surface area (Å²) in [5.41, 5.74) is -0.323. The molecule has 0 aliphatic carbocycles. The van der Waals surface area contributed by atoms with Crippen molar-refractivity contribution in [2.45, 2.75) is 6.92 Å². The Hall–Kier alpha value is -1.85. The van der Waals surface area contributed by atoms with E-state index in [0.717, 1.165) is 9.44 Å². The minimum atomic E-state index is -0.457. The molecule has 0 amide bonds. The Bertz CT molecular complexity index is 892. The van der Waals surface area contributed by atoms with Crippen molar-refractivity contribution in [3.63, 3.8) is 0 Å². The first kappa shape index (κ1) is 12.2. The summed E-state index contributed by atoms with van der Waals surface area (Å²) in [6.07, 6.45) is 0. The van der Waals surface area contributed by atoms with E-state index in [1.165, 1.54) is 11.3 Å². The zero-order valence-electron chi connectivity index (χ0n) is 9.94. The highest BCUT2D eigenvalue weighted by Crippen LogP contribution is 2.19. The monoisotopic (exact) mass is 292 g/mol. The van der Waals surface area contributed by atoms with Crippen molar-refractivity contribution in [3.8, 4) is 5.69 Å². The second kappa shape index (κ2) is 4.36. The Morgan fingerprint density at radius 2 is 2.05 bits per heavy atom. The van der Waals surface area contributed by atoms with Gasteiger partial charge in [0.15, 0.2) is 0 Å². The molecule has 19 heavy (non-hydrogen) atoms. The molecule has 1 aromatic carbocycles. The molecule has 0 saturated carbocycles. The number of hydrogen-bond acceptors (Lipinski definition) is 3. The van der Waals surface area contributed by atoms with E-state index >= 15 is 0 Å². The summed E-state index contributed by atoms with van der Waals surface area (Å²) >= 11 is 7.29. The standard InChI is InChI=1S/C13H9ClN2O2S/c1-7-5-10-11(19-7)15-13(18)16(12(10)17)9-4-2-3-8(14)6-9/h2-6H,1H3,(H,15,18). The van der Waals surface area contributed by atoms with Crippen molar-refractivity contribution in [2.24, 2.45) is 0 Å². The van der Waals surface area contributed by atoms with Gasteiger partial charge in [0.1, 0.15) is 4.83 Å². The quantitative estimate of drug-likeness (QED) is 0.750. The molecule has 6 heteroatoms. The number of thiophene rings is 1. The molecule has 0 unspecified atom stereocenters. The molecule has 0 fully saturated rings. The third-order valence-corrected chi connectivity index (χ3v) is 3.98. The highest BCUT2D eigenvalue weighted by molar-refractivity contribution is 7.18. The van der Waals surface area contributed by atoms with Gasteiger partial charge in [-0.15, -0.1) is 11.3 Å². The number of hydrogen-bond donors (Lipinski definition) is 1. The van der Waals surface area contributed by atoms with E-state index in [1.807, 2.05) is 6.92 Å². The predicted molar refractivity (Wildman–Crippen MR) is 77.8 cm³/mol. The number of fused-ring (bicyclic) bond motifs is 1. The van der Waals surface area contributed by atoms with E-state index in [-0.39, 0.29) is 5.56 Å². The van der Waals surface area contributed by atoms with Crippen molar-refractivity contribution >= 4 is 33.2 Å². The van der Waals surface area contributed by atoms with Crippen molar-refractivity contribution in [2.75, 3.05) is 0 Å². The van der Waals surface area contributed by atoms with Gasteiger partial charge in [-0.3, -0.25) is 9.78 Å². The highest BCUT2D eigenvalue weighted by Gasteiger charge is 2.11. The molecule has 0 atom stereocenters. The van der Waals surface area contributed by atoms with Crippen molar-refractivity contribution in [1.82, 2.24) is 9.55 Å². The number of nitrogens with zero attached hydrogens (tertiary/aromatic N) is 1. The van der Waals surface area contributed by atoms with Gasteiger partial charge in [-0.2, -0.15) is 0 Å². The average molecular weight is 293 g/mol. The number of H-pyrrole nitrogens is 1. The summed E-state index contributed by atoms with van der Waals surface area (Å²) < 4.78 is 1.10. The van der Waals surface area contributed by atoms with Crippen molar-refractivity contribution < 1.29 is 0 Å². The second-order valence-electron chi connectivity index (χ2n) is 4.15. The summed E-state index contributed by atoms with van der Waals surface area (Å²) in [7, 11) is 0. The first-order valence-electron chi connectivity index (χ1n) is 5.58. The van der Waals surface area contributed by atoms with E-state index in [1.54, 1.807) is 30.3 Å². The van der Waals surface area contributed by atoms with Crippen LogP contribution in [-0.2, 0) is 0 Å². The number of aromatic nitrogens is 2. The molecule has 0 saturated heterocycles. The normalized spacial score (nSPS) is 11.1. The smallest absolute Gasteiger partial charge is 0.298 e. The number of halogens is 1. The van der Waals surface area contributed by atoms with E-state index < -0.39 is 5.69 Å². The molecule has 96 valence electrons. The minimum absolute atomic E-state index is 0.328. The lowest BCUT2D eigenvalue weighted by Gasteiger charge is -2.04. The second-order valence-corrected chi connectivity index (χ2v) is 5.84. The van der Waals surface area contributed by atoms with Crippen LogP contribution in [-0.4, -0.2) is 9.55 Å². The van der Waals surface area contributed by atoms with Crippen LogP contribution in [0.15, 0.2) is 39.9 Å². The molecule has 0 bridgehead atoms. The molecule has 0 radical (unpaired) electrons. The lowest BCUT2D eigenvalue weighted by molar-refractivity contribution is 0.904. The van der Waals surface area contributed by atoms with E-state index in [2.05, 4.69) is 4.98 Å². The van der Waals surface area contributed by atoms with Crippen molar-refractivity contribution in [1.29, 1.82) is 0 Å². The average Bonchev–Trinajstić information content (AvgIpc) is 2.70. The van der Waals surface area contributed by atoms with Gasteiger partial charge < -0.3 is 0 Å². The number of aromatic amines is 1. The fourth-order valence-electron chi connectivity index (χ4n) is 1.98. The van der Waals surface area contributed by atoms with Gasteiger partial charge >= 0.3 is 5.69 Å². The van der Waals surface area contributed by atoms with Gasteiger partial charge in [-0.25, -0.2) is 9.36 Å². The summed E-state index contributed by atoms with van der Waals surface area (Å²) in [5, 5.41) is 0.993. The summed E-state index contributed by atoms with van der Waals surface area (Å²) in [6, 6.07) is 8.43. The Labute approximate surface area is 116 Å². The van der Waals surface area contributed by atoms with Crippen LogP contribution in [0.25, 0.3) is 15.9 Å². The number of rotatable bonds is 1. The minimum Gasteiger partial charge on any atom is -0.298 e. The maximum Gasteiger partial charge on any atom is 0.334 e. The first-order valence-corrected chi connectivity index (χ1v) is 6.77. The van der Waals surface area contributed by atoms with Gasteiger partial charge in [0.25, 0.3) is 5.56 Å². The summed E-state index contributed by atoms with van der Waals surface area (Å²) in [6.45, 7) is 1.89. The van der Waals surface area contributed by atoms with Crippen LogP contribution in [0.3, 0.4) is 0 Å². The molecule has 2 aromatic heterocycles. The van der Waals surface area contributed by atoms with E-state index in [0.29, 0.717) is 20.9 Å². The van der Waals surface area contributed by atoms with Gasteiger partial charge in [0, 0.05) is 9.90 Å². The Morgan fingerprint density at radius 3 is 2.79 bits per heavy atom. The molecule has 1 N–H and O–H groups in total. The zero-order chi connectivity index (χ0) is 13.6. The summed E-state index contributed by atoms with van der Waals surface area (Å²) in [4.78, 5) is 28.7. The SMILES string of the molecule is Cc1cc2c(=O)n(-c3cccc(Cl)c3)c(=O)[nH]c2s1. The Morgan fingerprint density at radius 1 is 1.26 bits per heavy atom. The van der Waals surface area contributed by atoms with Crippen LogP contribution in [0.4, 0.5) is 0 Å². The maximum absolute atomic E-state index is 12.4. The lowest BCUT2D eigenvalue weighted by Crippen LogP contribution is -2.33. The number of aryl methyl sites for hydroxylation is 1. The lowest BCUT2D eigenvalue weighted by atomic mass is 10.3. The Kier molecular flexibility index (Phi) is 2.80. The molecule has 0 spiro atoms. The van der Waals surface area contributed by atoms with Crippen LogP contribution in [0.2, 0.25) is 5.02 Å². The third-order valence-electron chi connectivity index (χ3n) is 2.78. The fraction of sp³-hybridized carbons (Fsp3) is 0.0769. The number of benzene rings is 1. The van der Waals surface area contributed by atoms with Crippen LogP contribution in [0, 0.1) is 6.92 Å². The first-order chi connectivity index (χ1) is 9.06. The largest absolute Gasteiger partial charge is 0.334 e. The maximum atomic E-state index is 12.4. The van der Waals surface area contributed by atoms with Crippen molar-refractivity contribution in [3.05, 3.63) is 61.1 Å². The molecule has 2 heterocycles. The van der Waals surface area contributed by atoms with Crippen LogP contribution in [0.1, 0.15) is 4.88 Å². The predicted octanol–water partition coefficient (Wildman–Crippen LogP) is 2.70. The third kappa shape index (κ3) is 2.01. The number of nitrogens with one attached hydrogen (secondary N) is 1. The molecule has 0 aliphatic heterocycles. The molecular formula is C13H9ClN2O2S. The van der Waals surface area contributed by atoms with Crippen LogP contribution in [0.5, 0.6) is 0 Å². The van der Waals surface area contributed by atoms with Crippen LogP contribution >= 0.6 is 22.9 Å². The molecule has 3 aromatic rings. The van der Waals surface area contributed by atoms with Gasteiger partial charge in [0.05, 0.1) is 11.1 Å². The van der Waals surface area contributed by atoms with Gasteiger partial charge in [0.2, 0.25) is 0 Å². The van der Waals surface area contributed by atoms with E-state index in [4.69, 9.17) is 11.6 Å². The molecular weight excluding hydrogens is 284 g/mol.